The van der Waals surface area contributed by atoms with Gasteiger partial charge in [-0.25, -0.2) is 9.67 Å². The molecule has 3 rings (SSSR count). The standard InChI is InChI=1S/C19H17N5O5/c1-11-4-5-14(8-12(11)2)22-19(25)16(13(3)21-22)10-20-17-7-6-15(23(26)27)9-18(17)24(28)29/h4-10,21H,1-3H3. The van der Waals surface area contributed by atoms with Crippen LogP contribution >= 0.6 is 0 Å². The fourth-order valence-electron chi connectivity index (χ4n) is 2.77. The smallest absolute Gasteiger partial charge is 0.295 e. The number of aromatic nitrogens is 2. The van der Waals surface area contributed by atoms with Crippen LogP contribution in [0.25, 0.3) is 5.69 Å². The molecule has 0 spiro atoms. The number of aryl methyl sites for hydroxylation is 3. The normalized spacial score (nSPS) is 11.1. The van der Waals surface area contributed by atoms with Gasteiger partial charge in [0.05, 0.1) is 27.2 Å². The van der Waals surface area contributed by atoms with E-state index in [1.165, 1.54) is 17.0 Å². The number of aromatic amines is 1. The van der Waals surface area contributed by atoms with Gasteiger partial charge in [0.2, 0.25) is 0 Å². The average molecular weight is 395 g/mol. The quantitative estimate of drug-likeness (QED) is 0.399. The molecule has 0 saturated carbocycles. The molecular formula is C19H17N5O5. The van der Waals surface area contributed by atoms with E-state index in [4.69, 9.17) is 0 Å². The van der Waals surface area contributed by atoms with Crippen LogP contribution in [-0.4, -0.2) is 25.8 Å². The van der Waals surface area contributed by atoms with E-state index < -0.39 is 21.2 Å². The lowest BCUT2D eigenvalue weighted by molar-refractivity contribution is -0.393. The first-order valence-corrected chi connectivity index (χ1v) is 8.55. The van der Waals surface area contributed by atoms with Gasteiger partial charge >= 0.3 is 5.69 Å². The predicted molar refractivity (Wildman–Crippen MR) is 108 cm³/mol. The summed E-state index contributed by atoms with van der Waals surface area (Å²) in [6.07, 6.45) is 1.22. The van der Waals surface area contributed by atoms with Crippen molar-refractivity contribution in [2.24, 2.45) is 4.99 Å². The van der Waals surface area contributed by atoms with Gasteiger partial charge in [0.25, 0.3) is 11.2 Å². The zero-order valence-corrected chi connectivity index (χ0v) is 15.9. The Kier molecular flexibility index (Phi) is 5.09. The van der Waals surface area contributed by atoms with Crippen LogP contribution < -0.4 is 5.56 Å². The summed E-state index contributed by atoms with van der Waals surface area (Å²) in [6, 6.07) is 8.72. The van der Waals surface area contributed by atoms with Gasteiger partial charge in [-0.15, -0.1) is 0 Å². The van der Waals surface area contributed by atoms with Crippen LogP contribution in [0, 0.1) is 41.0 Å². The minimum Gasteiger partial charge on any atom is -0.295 e. The summed E-state index contributed by atoms with van der Waals surface area (Å²) in [4.78, 5) is 37.4. The monoisotopic (exact) mass is 395 g/mol. The van der Waals surface area contributed by atoms with Crippen LogP contribution in [0.3, 0.4) is 0 Å². The Balaban J connectivity index is 2.03. The van der Waals surface area contributed by atoms with Gasteiger partial charge in [0, 0.05) is 18.0 Å². The molecule has 0 amide bonds. The maximum absolute atomic E-state index is 12.8. The summed E-state index contributed by atoms with van der Waals surface area (Å²) in [5, 5.41) is 25.0. The van der Waals surface area contributed by atoms with Crippen LogP contribution in [0.2, 0.25) is 0 Å². The van der Waals surface area contributed by atoms with Gasteiger partial charge in [-0.3, -0.25) is 30.1 Å². The first kappa shape index (κ1) is 19.7. The fraction of sp³-hybridized carbons (Fsp3) is 0.158. The molecule has 0 fully saturated rings. The molecule has 0 aliphatic carbocycles. The lowest BCUT2D eigenvalue weighted by atomic mass is 10.1. The fourth-order valence-corrected chi connectivity index (χ4v) is 2.77. The van der Waals surface area contributed by atoms with Crippen molar-refractivity contribution in [3.8, 4) is 5.69 Å². The SMILES string of the molecule is Cc1ccc(-n2[nH]c(C)c(C=Nc3ccc([N+](=O)[O-])cc3[N+](=O)[O-])c2=O)cc1C. The third kappa shape index (κ3) is 3.81. The van der Waals surface area contributed by atoms with Crippen molar-refractivity contribution >= 4 is 23.3 Å². The Morgan fingerprint density at radius 3 is 2.34 bits per heavy atom. The molecule has 2 aromatic carbocycles. The van der Waals surface area contributed by atoms with E-state index in [0.29, 0.717) is 11.4 Å². The van der Waals surface area contributed by atoms with E-state index in [1.54, 1.807) is 6.92 Å². The Labute approximate surface area is 164 Å². The van der Waals surface area contributed by atoms with Crippen molar-refractivity contribution in [2.45, 2.75) is 20.8 Å². The van der Waals surface area contributed by atoms with Gasteiger partial charge in [-0.2, -0.15) is 0 Å². The summed E-state index contributed by atoms with van der Waals surface area (Å²) in [6.45, 7) is 5.59. The number of hydrogen-bond acceptors (Lipinski definition) is 6. The Morgan fingerprint density at radius 2 is 1.72 bits per heavy atom. The summed E-state index contributed by atoms with van der Waals surface area (Å²) in [5.74, 6) is 0. The van der Waals surface area contributed by atoms with Crippen LogP contribution in [0.5, 0.6) is 0 Å². The van der Waals surface area contributed by atoms with Crippen molar-refractivity contribution < 1.29 is 9.85 Å². The second kappa shape index (κ2) is 7.50. The van der Waals surface area contributed by atoms with Gasteiger partial charge in [-0.05, 0) is 50.1 Å². The molecule has 1 heterocycles. The first-order chi connectivity index (χ1) is 13.7. The molecule has 0 saturated heterocycles. The van der Waals surface area contributed by atoms with E-state index in [1.807, 2.05) is 32.0 Å². The molecule has 0 aliphatic rings. The highest BCUT2D eigenvalue weighted by atomic mass is 16.6. The number of nitro benzene ring substituents is 2. The van der Waals surface area contributed by atoms with Crippen LogP contribution in [0.4, 0.5) is 17.1 Å². The minimum absolute atomic E-state index is 0.0849. The van der Waals surface area contributed by atoms with E-state index in [2.05, 4.69) is 10.1 Å². The van der Waals surface area contributed by atoms with Crippen LogP contribution in [0.1, 0.15) is 22.4 Å². The number of nitrogens with zero attached hydrogens (tertiary/aromatic N) is 4. The molecule has 0 atom stereocenters. The number of non-ortho nitro benzene ring substituents is 1. The topological polar surface area (TPSA) is 136 Å². The molecule has 10 nitrogen and oxygen atoms in total. The van der Waals surface area contributed by atoms with Gasteiger partial charge in [0.15, 0.2) is 0 Å². The highest BCUT2D eigenvalue weighted by Crippen LogP contribution is 2.31. The van der Waals surface area contributed by atoms with Crippen molar-refractivity contribution in [3.63, 3.8) is 0 Å². The van der Waals surface area contributed by atoms with Crippen molar-refractivity contribution in [1.29, 1.82) is 0 Å². The Bertz CT molecular complexity index is 1220. The third-order valence-electron chi connectivity index (χ3n) is 4.56. The van der Waals surface area contributed by atoms with Crippen molar-refractivity contribution in [1.82, 2.24) is 9.78 Å². The molecule has 1 aromatic heterocycles. The summed E-state index contributed by atoms with van der Waals surface area (Å²) >= 11 is 0. The summed E-state index contributed by atoms with van der Waals surface area (Å²) < 4.78 is 1.37. The molecule has 10 heteroatoms. The molecule has 0 radical (unpaired) electrons. The second-order valence-corrected chi connectivity index (χ2v) is 6.51. The predicted octanol–water partition coefficient (Wildman–Crippen LogP) is 3.66. The third-order valence-corrected chi connectivity index (χ3v) is 4.56. The molecule has 3 aromatic rings. The maximum Gasteiger partial charge on any atom is 0.301 e. The van der Waals surface area contributed by atoms with E-state index in [9.17, 15) is 25.0 Å². The van der Waals surface area contributed by atoms with Crippen molar-refractivity contribution in [3.05, 3.63) is 89.4 Å². The highest BCUT2D eigenvalue weighted by molar-refractivity contribution is 5.84. The number of rotatable bonds is 5. The van der Waals surface area contributed by atoms with Gasteiger partial charge in [-0.1, -0.05) is 6.07 Å². The van der Waals surface area contributed by atoms with Crippen molar-refractivity contribution in [2.75, 3.05) is 0 Å². The molecule has 29 heavy (non-hydrogen) atoms. The number of hydrogen-bond donors (Lipinski definition) is 1. The lowest BCUT2D eigenvalue weighted by Gasteiger charge is -2.05. The van der Waals surface area contributed by atoms with Crippen LogP contribution in [0.15, 0.2) is 46.2 Å². The molecule has 0 bridgehead atoms. The zero-order chi connectivity index (χ0) is 21.3. The maximum atomic E-state index is 12.8. The Morgan fingerprint density at radius 1 is 1.00 bits per heavy atom. The number of nitrogens with one attached hydrogen (secondary N) is 1. The largest absolute Gasteiger partial charge is 0.301 e. The second-order valence-electron chi connectivity index (χ2n) is 6.51. The summed E-state index contributed by atoms with van der Waals surface area (Å²) in [7, 11) is 0. The first-order valence-electron chi connectivity index (χ1n) is 8.55. The van der Waals surface area contributed by atoms with Gasteiger partial charge < -0.3 is 0 Å². The molecule has 0 aliphatic heterocycles. The lowest BCUT2D eigenvalue weighted by Crippen LogP contribution is -2.17. The molecular weight excluding hydrogens is 378 g/mol. The number of H-pyrrole nitrogens is 1. The average Bonchev–Trinajstić information content (AvgIpc) is 2.95. The van der Waals surface area contributed by atoms with Gasteiger partial charge in [0.1, 0.15) is 5.69 Å². The number of nitro groups is 2. The minimum atomic E-state index is -0.753. The number of benzene rings is 2. The van der Waals surface area contributed by atoms with E-state index >= 15 is 0 Å². The Hall–Kier alpha value is -4.08. The summed E-state index contributed by atoms with van der Waals surface area (Å²) in [5.41, 5.74) is 2.16. The number of aliphatic imine (C=N–C) groups is 1. The molecule has 0 unspecified atom stereocenters. The highest BCUT2D eigenvalue weighted by Gasteiger charge is 2.19. The van der Waals surface area contributed by atoms with E-state index in [-0.39, 0.29) is 16.8 Å². The van der Waals surface area contributed by atoms with E-state index in [0.717, 1.165) is 23.3 Å². The van der Waals surface area contributed by atoms with Crippen LogP contribution in [-0.2, 0) is 0 Å². The molecule has 1 N–H and O–H groups in total. The zero-order valence-electron chi connectivity index (χ0n) is 15.9. The molecule has 148 valence electrons.